The van der Waals surface area contributed by atoms with Crippen LogP contribution in [0.1, 0.15) is 11.3 Å². The molecule has 90 valence electrons. The van der Waals surface area contributed by atoms with Gasteiger partial charge in [-0.1, -0.05) is 18.2 Å². The lowest BCUT2D eigenvalue weighted by Gasteiger charge is -2.15. The molecule has 0 spiro atoms. The Morgan fingerprint density at radius 2 is 2.18 bits per heavy atom. The van der Waals surface area contributed by atoms with Crippen molar-refractivity contribution < 1.29 is 0 Å². The Morgan fingerprint density at radius 3 is 2.88 bits per heavy atom. The molecule has 0 fully saturated rings. The average molecular weight is 247 g/mol. The molecule has 0 saturated carbocycles. The molecule has 0 aliphatic rings. The summed E-state index contributed by atoms with van der Waals surface area (Å²) < 4.78 is 0. The van der Waals surface area contributed by atoms with Crippen LogP contribution in [0.15, 0.2) is 35.2 Å². The third-order valence-electron chi connectivity index (χ3n) is 2.73. The van der Waals surface area contributed by atoms with Gasteiger partial charge in [-0.05, 0) is 25.1 Å². The van der Waals surface area contributed by atoms with E-state index in [-0.39, 0.29) is 0 Å². The zero-order chi connectivity index (χ0) is 12.1. The van der Waals surface area contributed by atoms with Crippen molar-refractivity contribution in [3.63, 3.8) is 0 Å². The van der Waals surface area contributed by atoms with E-state index in [1.54, 1.807) is 11.3 Å². The Labute approximate surface area is 106 Å². The van der Waals surface area contributed by atoms with E-state index in [4.69, 9.17) is 5.73 Å². The van der Waals surface area contributed by atoms with Crippen LogP contribution in [0.5, 0.6) is 0 Å². The van der Waals surface area contributed by atoms with Crippen molar-refractivity contribution in [1.82, 2.24) is 9.88 Å². The van der Waals surface area contributed by atoms with Gasteiger partial charge in [-0.15, -0.1) is 11.3 Å². The monoisotopic (exact) mass is 247 g/mol. The minimum atomic E-state index is 0.884. The Balaban J connectivity index is 1.84. The number of thiazole rings is 1. The molecule has 0 unspecified atom stereocenters. The molecule has 1 aromatic carbocycles. The van der Waals surface area contributed by atoms with Crippen LogP contribution >= 0.6 is 11.3 Å². The Hall–Kier alpha value is -1.39. The SMILES string of the molecule is CN(CCc1ccccc1N)Cc1cscn1. The lowest BCUT2D eigenvalue weighted by molar-refractivity contribution is 0.328. The Kier molecular flexibility index (Phi) is 4.12. The summed E-state index contributed by atoms with van der Waals surface area (Å²) in [5.41, 5.74) is 11.0. The number of hydrogen-bond acceptors (Lipinski definition) is 4. The summed E-state index contributed by atoms with van der Waals surface area (Å²) >= 11 is 1.64. The highest BCUT2D eigenvalue weighted by molar-refractivity contribution is 7.07. The van der Waals surface area contributed by atoms with Crippen LogP contribution in [0.25, 0.3) is 0 Å². The predicted molar refractivity (Wildman–Crippen MR) is 73.0 cm³/mol. The fraction of sp³-hybridized carbons (Fsp3) is 0.308. The first-order chi connectivity index (χ1) is 8.25. The van der Waals surface area contributed by atoms with Crippen LogP contribution < -0.4 is 5.73 Å². The Bertz CT molecular complexity index is 453. The molecule has 2 N–H and O–H groups in total. The van der Waals surface area contributed by atoms with Gasteiger partial charge in [-0.25, -0.2) is 4.98 Å². The second-order valence-corrected chi connectivity index (χ2v) is 4.89. The summed E-state index contributed by atoms with van der Waals surface area (Å²) in [7, 11) is 2.11. The number of likely N-dealkylation sites (N-methyl/N-ethyl adjacent to an activating group) is 1. The highest BCUT2D eigenvalue weighted by Crippen LogP contribution is 2.12. The highest BCUT2D eigenvalue weighted by atomic mass is 32.1. The third kappa shape index (κ3) is 3.54. The summed E-state index contributed by atoms with van der Waals surface area (Å²) in [5, 5.41) is 2.09. The fourth-order valence-electron chi connectivity index (χ4n) is 1.74. The number of nitrogens with zero attached hydrogens (tertiary/aromatic N) is 2. The van der Waals surface area contributed by atoms with Crippen molar-refractivity contribution in [3.05, 3.63) is 46.4 Å². The average Bonchev–Trinajstić information content (AvgIpc) is 2.81. The maximum absolute atomic E-state index is 5.91. The second kappa shape index (κ2) is 5.80. The molecule has 2 aromatic rings. The molecule has 17 heavy (non-hydrogen) atoms. The first kappa shape index (κ1) is 12.1. The molecular formula is C13H17N3S. The standard InChI is InChI=1S/C13H17N3S/c1-16(8-12-9-17-10-15-12)7-6-11-4-2-3-5-13(11)14/h2-5,9-10H,6-8,14H2,1H3. The molecule has 4 heteroatoms. The van der Waals surface area contributed by atoms with Crippen LogP contribution in [-0.4, -0.2) is 23.5 Å². The highest BCUT2D eigenvalue weighted by Gasteiger charge is 2.03. The lowest BCUT2D eigenvalue weighted by Crippen LogP contribution is -2.21. The number of rotatable bonds is 5. The van der Waals surface area contributed by atoms with Gasteiger partial charge in [-0.2, -0.15) is 0 Å². The van der Waals surface area contributed by atoms with E-state index in [0.717, 1.165) is 30.9 Å². The number of anilines is 1. The number of para-hydroxylation sites is 1. The van der Waals surface area contributed by atoms with Gasteiger partial charge in [-0.3, -0.25) is 0 Å². The zero-order valence-electron chi connectivity index (χ0n) is 9.97. The van der Waals surface area contributed by atoms with Crippen LogP contribution in [-0.2, 0) is 13.0 Å². The van der Waals surface area contributed by atoms with Crippen molar-refractivity contribution >= 4 is 17.0 Å². The predicted octanol–water partition coefficient (Wildman–Crippen LogP) is 2.40. The van der Waals surface area contributed by atoms with Crippen LogP contribution in [0, 0.1) is 0 Å². The summed E-state index contributed by atoms with van der Waals surface area (Å²) in [6.45, 7) is 1.89. The lowest BCUT2D eigenvalue weighted by atomic mass is 10.1. The van der Waals surface area contributed by atoms with Crippen molar-refractivity contribution in [3.8, 4) is 0 Å². The molecule has 1 aromatic heterocycles. The van der Waals surface area contributed by atoms with Crippen molar-refractivity contribution in [2.24, 2.45) is 0 Å². The Morgan fingerprint density at radius 1 is 1.35 bits per heavy atom. The smallest absolute Gasteiger partial charge is 0.0795 e. The largest absolute Gasteiger partial charge is 0.399 e. The van der Waals surface area contributed by atoms with E-state index in [9.17, 15) is 0 Å². The van der Waals surface area contributed by atoms with Crippen LogP contribution in [0.4, 0.5) is 5.69 Å². The zero-order valence-corrected chi connectivity index (χ0v) is 10.8. The minimum absolute atomic E-state index is 0.884. The summed E-state index contributed by atoms with van der Waals surface area (Å²) in [6.07, 6.45) is 0.979. The van der Waals surface area contributed by atoms with E-state index >= 15 is 0 Å². The maximum Gasteiger partial charge on any atom is 0.0795 e. The van der Waals surface area contributed by atoms with Gasteiger partial charge >= 0.3 is 0 Å². The number of hydrogen-bond donors (Lipinski definition) is 1. The minimum Gasteiger partial charge on any atom is -0.399 e. The third-order valence-corrected chi connectivity index (χ3v) is 3.37. The summed E-state index contributed by atoms with van der Waals surface area (Å²) in [6, 6.07) is 8.05. The van der Waals surface area contributed by atoms with Crippen LogP contribution in [0.3, 0.4) is 0 Å². The number of aromatic nitrogens is 1. The van der Waals surface area contributed by atoms with Gasteiger partial charge in [0.2, 0.25) is 0 Å². The molecule has 3 nitrogen and oxygen atoms in total. The van der Waals surface area contributed by atoms with Gasteiger partial charge in [0.1, 0.15) is 0 Å². The van der Waals surface area contributed by atoms with Gasteiger partial charge in [0.15, 0.2) is 0 Å². The quantitative estimate of drug-likeness (QED) is 0.825. The van der Waals surface area contributed by atoms with Crippen molar-refractivity contribution in [2.75, 3.05) is 19.3 Å². The molecular weight excluding hydrogens is 230 g/mol. The normalized spacial score (nSPS) is 10.9. The van der Waals surface area contributed by atoms with E-state index in [2.05, 4.69) is 28.4 Å². The van der Waals surface area contributed by atoms with E-state index < -0.39 is 0 Å². The van der Waals surface area contributed by atoms with E-state index in [1.807, 2.05) is 23.7 Å². The molecule has 0 atom stereocenters. The molecule has 0 bridgehead atoms. The number of nitrogens with two attached hydrogens (primary N) is 1. The van der Waals surface area contributed by atoms with Gasteiger partial charge in [0.05, 0.1) is 11.2 Å². The molecule has 0 aliphatic carbocycles. The van der Waals surface area contributed by atoms with Crippen molar-refractivity contribution in [1.29, 1.82) is 0 Å². The second-order valence-electron chi connectivity index (χ2n) is 4.17. The van der Waals surface area contributed by atoms with Crippen molar-refractivity contribution in [2.45, 2.75) is 13.0 Å². The number of nitrogen functional groups attached to an aromatic ring is 1. The van der Waals surface area contributed by atoms with Crippen LogP contribution in [0.2, 0.25) is 0 Å². The summed E-state index contributed by atoms with van der Waals surface area (Å²) in [5.74, 6) is 0. The first-order valence-corrected chi connectivity index (χ1v) is 6.59. The van der Waals surface area contributed by atoms with Gasteiger partial charge in [0, 0.05) is 24.2 Å². The van der Waals surface area contributed by atoms with E-state index in [1.165, 1.54) is 5.56 Å². The van der Waals surface area contributed by atoms with E-state index in [0.29, 0.717) is 0 Å². The topological polar surface area (TPSA) is 42.1 Å². The maximum atomic E-state index is 5.91. The molecule has 0 amide bonds. The molecule has 0 saturated heterocycles. The number of benzene rings is 1. The van der Waals surface area contributed by atoms with Gasteiger partial charge < -0.3 is 10.6 Å². The summed E-state index contributed by atoms with van der Waals surface area (Å²) in [4.78, 5) is 6.55. The van der Waals surface area contributed by atoms with Gasteiger partial charge in [0.25, 0.3) is 0 Å². The molecule has 2 rings (SSSR count). The molecule has 0 aliphatic heterocycles. The molecule has 0 radical (unpaired) electrons. The first-order valence-electron chi connectivity index (χ1n) is 5.64. The fourth-order valence-corrected chi connectivity index (χ4v) is 2.29. The molecule has 1 heterocycles.